The van der Waals surface area contributed by atoms with Gasteiger partial charge in [0.15, 0.2) is 0 Å². The molecule has 0 fully saturated rings. The smallest absolute Gasteiger partial charge is 0.330 e. The maximum Gasteiger partial charge on any atom is 0.330 e. The predicted octanol–water partition coefficient (Wildman–Crippen LogP) is 10.7. The minimum absolute atomic E-state index is 0.173. The van der Waals surface area contributed by atoms with Crippen molar-refractivity contribution in [1.82, 2.24) is 0 Å². The van der Waals surface area contributed by atoms with E-state index in [1.165, 1.54) is 12.2 Å². The molecular formula is C42H50O7. The largest absolute Gasteiger partial charge is 0.488 e. The molecule has 4 rings (SSSR count). The molecular weight excluding hydrogens is 616 g/mol. The summed E-state index contributed by atoms with van der Waals surface area (Å²) >= 11 is 0. The SMILES string of the molecule is C=CC(=O)OC(CCCCCC)COc1c2ccccc2c(OCC(CCCCCC)OC(=O)C=C)c2cc(Oc3ccccc3)ccc12. The lowest BCUT2D eigenvalue weighted by molar-refractivity contribution is -0.145. The van der Waals surface area contributed by atoms with Crippen molar-refractivity contribution in [3.05, 3.63) is 98.1 Å². The molecule has 0 spiro atoms. The maximum atomic E-state index is 12.3. The van der Waals surface area contributed by atoms with Crippen molar-refractivity contribution in [3.63, 3.8) is 0 Å². The fraction of sp³-hybridized carbons (Fsp3) is 0.381. The first-order valence-corrected chi connectivity index (χ1v) is 17.6. The molecule has 0 N–H and O–H groups in total. The molecule has 0 aliphatic rings. The Morgan fingerprint density at radius 3 is 1.59 bits per heavy atom. The molecule has 2 unspecified atom stereocenters. The van der Waals surface area contributed by atoms with Crippen molar-refractivity contribution in [2.45, 2.75) is 90.3 Å². The number of esters is 2. The molecule has 4 aromatic rings. The highest BCUT2D eigenvalue weighted by atomic mass is 16.6. The first kappa shape index (κ1) is 37.0. The highest BCUT2D eigenvalue weighted by molar-refractivity contribution is 6.11. The first-order valence-electron chi connectivity index (χ1n) is 17.6. The number of ether oxygens (including phenoxy) is 5. The summed E-state index contributed by atoms with van der Waals surface area (Å²) in [6, 6.07) is 23.3. The Morgan fingerprint density at radius 2 is 1.08 bits per heavy atom. The summed E-state index contributed by atoms with van der Waals surface area (Å²) in [5.74, 6) is 1.70. The third-order valence-corrected chi connectivity index (χ3v) is 8.36. The molecule has 0 bridgehead atoms. The number of hydrogen-bond acceptors (Lipinski definition) is 7. The standard InChI is InChI=1S/C42H50O7/c1-5-9-11-14-22-33(48-39(43)7-3)29-45-41-35-24-18-19-25-36(35)42(46-30-34(49-40(44)8-4)23-15-12-10-6-2)38-28-32(26-27-37(38)41)47-31-20-16-13-17-21-31/h7-8,13,16-21,24-28,33-34H,3-6,9-12,14-15,22-23,29-30H2,1-2H3. The van der Waals surface area contributed by atoms with Crippen molar-refractivity contribution in [1.29, 1.82) is 0 Å². The number of hydrogen-bond donors (Lipinski definition) is 0. The Labute approximate surface area is 290 Å². The van der Waals surface area contributed by atoms with E-state index in [1.807, 2.05) is 72.8 Å². The van der Waals surface area contributed by atoms with E-state index in [2.05, 4.69) is 27.0 Å². The summed E-state index contributed by atoms with van der Waals surface area (Å²) in [4.78, 5) is 24.5. The van der Waals surface area contributed by atoms with Gasteiger partial charge in [-0.2, -0.15) is 0 Å². The molecule has 0 saturated carbocycles. The Morgan fingerprint density at radius 1 is 0.592 bits per heavy atom. The van der Waals surface area contributed by atoms with Crippen LogP contribution < -0.4 is 14.2 Å². The van der Waals surface area contributed by atoms with Crippen LogP contribution in [0.5, 0.6) is 23.0 Å². The molecule has 260 valence electrons. The molecule has 0 saturated heterocycles. The molecule has 0 radical (unpaired) electrons. The number of carbonyl (C=O) groups is 2. The lowest BCUT2D eigenvalue weighted by Gasteiger charge is -2.23. The molecule has 2 atom stereocenters. The summed E-state index contributed by atoms with van der Waals surface area (Å²) in [5, 5.41) is 3.29. The number of benzene rings is 4. The van der Waals surface area contributed by atoms with Gasteiger partial charge in [-0.15, -0.1) is 0 Å². The van der Waals surface area contributed by atoms with Crippen molar-refractivity contribution in [2.24, 2.45) is 0 Å². The van der Waals surface area contributed by atoms with E-state index in [-0.39, 0.29) is 13.2 Å². The summed E-state index contributed by atoms with van der Waals surface area (Å²) in [7, 11) is 0. The van der Waals surface area contributed by atoms with Gasteiger partial charge in [0.05, 0.1) is 0 Å². The Balaban J connectivity index is 1.74. The minimum atomic E-state index is -0.470. The monoisotopic (exact) mass is 666 g/mol. The summed E-state index contributed by atoms with van der Waals surface area (Å²) in [5.41, 5.74) is 0. The first-order chi connectivity index (χ1) is 24.0. The molecule has 0 aliphatic heterocycles. The molecule has 0 amide bonds. The van der Waals surface area contributed by atoms with Crippen molar-refractivity contribution in [3.8, 4) is 23.0 Å². The van der Waals surface area contributed by atoms with Crippen molar-refractivity contribution in [2.75, 3.05) is 13.2 Å². The fourth-order valence-electron chi connectivity index (χ4n) is 5.81. The quantitative estimate of drug-likeness (QED) is 0.0357. The van der Waals surface area contributed by atoms with Gasteiger partial charge in [0.2, 0.25) is 0 Å². The second-order valence-corrected chi connectivity index (χ2v) is 12.2. The maximum absolute atomic E-state index is 12.3. The van der Waals surface area contributed by atoms with Gasteiger partial charge in [-0.1, -0.05) is 108 Å². The number of unbranched alkanes of at least 4 members (excludes halogenated alkanes) is 6. The molecule has 49 heavy (non-hydrogen) atoms. The van der Waals surface area contributed by atoms with Gasteiger partial charge in [-0.25, -0.2) is 9.59 Å². The van der Waals surface area contributed by atoms with E-state index >= 15 is 0 Å². The Kier molecular flexibility index (Phi) is 15.0. The van der Waals surface area contributed by atoms with Crippen LogP contribution in [0, 0.1) is 0 Å². The van der Waals surface area contributed by atoms with Crippen LogP contribution in [0.15, 0.2) is 98.1 Å². The van der Waals surface area contributed by atoms with E-state index in [1.54, 1.807) is 0 Å². The topological polar surface area (TPSA) is 80.3 Å². The zero-order valence-corrected chi connectivity index (χ0v) is 29.0. The van der Waals surface area contributed by atoms with Crippen LogP contribution in [0.3, 0.4) is 0 Å². The fourth-order valence-corrected chi connectivity index (χ4v) is 5.81. The van der Waals surface area contributed by atoms with E-state index in [4.69, 9.17) is 23.7 Å². The summed E-state index contributed by atoms with van der Waals surface area (Å²) in [6.07, 6.45) is 11.3. The van der Waals surface area contributed by atoms with Gasteiger partial charge in [-0.05, 0) is 56.0 Å². The van der Waals surface area contributed by atoms with Gasteiger partial charge in [0, 0.05) is 33.7 Å². The second kappa shape index (κ2) is 19.9. The Bertz CT molecular complexity index is 1660. The second-order valence-electron chi connectivity index (χ2n) is 12.2. The van der Waals surface area contributed by atoms with E-state index in [0.717, 1.165) is 72.9 Å². The Hall–Kier alpha value is -4.78. The lowest BCUT2D eigenvalue weighted by Crippen LogP contribution is -2.25. The molecule has 0 heterocycles. The molecule has 0 aromatic heterocycles. The van der Waals surface area contributed by atoms with Gasteiger partial charge < -0.3 is 23.7 Å². The number of fused-ring (bicyclic) bond motifs is 2. The average Bonchev–Trinajstić information content (AvgIpc) is 3.13. The van der Waals surface area contributed by atoms with Crippen LogP contribution in [0.1, 0.15) is 78.1 Å². The lowest BCUT2D eigenvalue weighted by atomic mass is 10.00. The third-order valence-electron chi connectivity index (χ3n) is 8.36. The highest BCUT2D eigenvalue weighted by Gasteiger charge is 2.22. The van der Waals surface area contributed by atoms with Crippen molar-refractivity contribution < 1.29 is 33.3 Å². The number of para-hydroxylation sites is 1. The van der Waals surface area contributed by atoms with Crippen LogP contribution in [0.4, 0.5) is 0 Å². The van der Waals surface area contributed by atoms with Crippen LogP contribution >= 0.6 is 0 Å². The minimum Gasteiger partial charge on any atom is -0.488 e. The van der Waals surface area contributed by atoms with Crippen LogP contribution in [-0.4, -0.2) is 37.4 Å². The number of rotatable bonds is 22. The van der Waals surface area contributed by atoms with E-state index in [9.17, 15) is 9.59 Å². The molecule has 0 aliphatic carbocycles. The van der Waals surface area contributed by atoms with E-state index < -0.39 is 24.1 Å². The van der Waals surface area contributed by atoms with Gasteiger partial charge in [0.25, 0.3) is 0 Å². The van der Waals surface area contributed by atoms with E-state index in [0.29, 0.717) is 35.8 Å². The normalized spacial score (nSPS) is 12.2. The number of carbonyl (C=O) groups excluding carboxylic acids is 2. The molecule has 7 nitrogen and oxygen atoms in total. The highest BCUT2D eigenvalue weighted by Crippen LogP contribution is 2.44. The molecule has 4 aromatic carbocycles. The predicted molar refractivity (Wildman–Crippen MR) is 197 cm³/mol. The zero-order valence-electron chi connectivity index (χ0n) is 29.0. The van der Waals surface area contributed by atoms with Gasteiger partial charge in [0.1, 0.15) is 48.4 Å². The van der Waals surface area contributed by atoms with Crippen LogP contribution in [-0.2, 0) is 19.1 Å². The van der Waals surface area contributed by atoms with Crippen LogP contribution in [0.2, 0.25) is 0 Å². The third kappa shape index (κ3) is 11.1. The zero-order chi connectivity index (χ0) is 34.8. The van der Waals surface area contributed by atoms with Gasteiger partial charge in [-0.3, -0.25) is 0 Å². The average molecular weight is 667 g/mol. The summed E-state index contributed by atoms with van der Waals surface area (Å²) < 4.78 is 30.9. The van der Waals surface area contributed by atoms with Crippen molar-refractivity contribution >= 4 is 33.5 Å². The summed E-state index contributed by atoms with van der Waals surface area (Å²) in [6.45, 7) is 11.8. The molecule has 7 heteroatoms. The van der Waals surface area contributed by atoms with Gasteiger partial charge >= 0.3 is 11.9 Å². The van der Waals surface area contributed by atoms with Crippen LogP contribution in [0.25, 0.3) is 21.5 Å².